The maximum atomic E-state index is 11.5. The molecule has 0 aliphatic heterocycles. The summed E-state index contributed by atoms with van der Waals surface area (Å²) in [4.78, 5) is 36.5. The molecule has 0 aliphatic rings. The molecule has 2 rings (SSSR count). The monoisotopic (exact) mass is 401 g/mol. The number of ketones is 1. The molecule has 2 aromatic rings. The second-order valence-corrected chi connectivity index (χ2v) is 6.78. The lowest BCUT2D eigenvalue weighted by atomic mass is 9.94. The van der Waals surface area contributed by atoms with E-state index in [2.05, 4.69) is 4.98 Å². The molecular weight excluding hydrogens is 389 g/mol. The lowest BCUT2D eigenvalue weighted by Crippen LogP contribution is -2.38. The Balaban J connectivity index is 2.34. The van der Waals surface area contributed by atoms with E-state index in [-0.39, 0.29) is 6.42 Å². The van der Waals surface area contributed by atoms with Gasteiger partial charge in [-0.3, -0.25) is 9.59 Å². The van der Waals surface area contributed by atoms with Gasteiger partial charge in [-0.05, 0) is 11.6 Å². The molecule has 0 radical (unpaired) electrons. The van der Waals surface area contributed by atoms with Crippen LogP contribution >= 0.6 is 22.6 Å². The molecule has 0 spiro atoms. The number of carboxylic acids is 2. The Morgan fingerprint density at radius 1 is 1.19 bits per heavy atom. The molecule has 3 N–H and O–H groups in total. The fourth-order valence-corrected chi connectivity index (χ4v) is 2.88. The maximum Gasteiger partial charge on any atom is 0.372 e. The molecule has 21 heavy (non-hydrogen) atoms. The lowest BCUT2D eigenvalue weighted by Gasteiger charge is -2.21. The maximum absolute atomic E-state index is 11.5. The van der Waals surface area contributed by atoms with Gasteiger partial charge in [0.1, 0.15) is 3.42 Å². The van der Waals surface area contributed by atoms with Gasteiger partial charge >= 0.3 is 11.9 Å². The summed E-state index contributed by atoms with van der Waals surface area (Å²) in [6, 6.07) is 7.39. The number of carbonyl (C=O) groups is 3. The molecule has 0 saturated carbocycles. The third-order valence-electron chi connectivity index (χ3n) is 3.21. The molecule has 0 aliphatic carbocycles. The number of nitrogens with one attached hydrogen (secondary N) is 1. The van der Waals surface area contributed by atoms with Gasteiger partial charge in [-0.25, -0.2) is 4.79 Å². The van der Waals surface area contributed by atoms with Crippen LogP contribution in [0, 0.1) is 0 Å². The lowest BCUT2D eigenvalue weighted by molar-refractivity contribution is -0.150. The van der Waals surface area contributed by atoms with Gasteiger partial charge in [-0.1, -0.05) is 40.8 Å². The van der Waals surface area contributed by atoms with Gasteiger partial charge in [0.25, 0.3) is 0 Å². The van der Waals surface area contributed by atoms with Gasteiger partial charge in [-0.15, -0.1) is 0 Å². The Morgan fingerprint density at radius 3 is 2.48 bits per heavy atom. The first kappa shape index (κ1) is 15.5. The average molecular weight is 401 g/mol. The number of hydrogen-bond acceptors (Lipinski definition) is 3. The number of halogens is 1. The van der Waals surface area contributed by atoms with Crippen LogP contribution < -0.4 is 0 Å². The number of aromatic nitrogens is 1. The number of para-hydroxylation sites is 1. The van der Waals surface area contributed by atoms with Gasteiger partial charge in [0.05, 0.1) is 0 Å². The van der Waals surface area contributed by atoms with Gasteiger partial charge in [0.2, 0.25) is 5.78 Å². The van der Waals surface area contributed by atoms with Crippen LogP contribution in [0.2, 0.25) is 0 Å². The summed E-state index contributed by atoms with van der Waals surface area (Å²) >= 11 is 1.65. The number of fused-ring (bicyclic) bond motifs is 1. The molecule has 0 saturated heterocycles. The van der Waals surface area contributed by atoms with Crippen LogP contribution in [0.3, 0.4) is 0 Å². The third-order valence-corrected chi connectivity index (χ3v) is 4.43. The van der Waals surface area contributed by atoms with Crippen LogP contribution in [-0.4, -0.2) is 36.3 Å². The molecule has 1 atom stereocenters. The topological polar surface area (TPSA) is 107 Å². The number of hydrogen-bond donors (Lipinski definition) is 3. The highest BCUT2D eigenvalue weighted by Crippen LogP contribution is 2.32. The largest absolute Gasteiger partial charge is 0.480 e. The second kappa shape index (κ2) is 5.84. The van der Waals surface area contributed by atoms with Crippen LogP contribution in [0.5, 0.6) is 0 Å². The summed E-state index contributed by atoms with van der Waals surface area (Å²) in [7, 11) is 0. The molecule has 6 nitrogen and oxygen atoms in total. The Labute approximate surface area is 133 Å². The fraction of sp³-hybridized carbons (Fsp3) is 0.214. The molecule has 7 heteroatoms. The number of carbonyl (C=O) groups excluding carboxylic acids is 1. The SMILES string of the molecule is O=C(O)C(=O)C[C@@](I)(Cc1c[nH]c2ccccc12)C(=O)O. The van der Waals surface area contributed by atoms with E-state index in [1.807, 2.05) is 24.3 Å². The van der Waals surface area contributed by atoms with Crippen molar-refractivity contribution in [2.45, 2.75) is 16.3 Å². The van der Waals surface area contributed by atoms with E-state index in [1.54, 1.807) is 28.8 Å². The summed E-state index contributed by atoms with van der Waals surface area (Å²) in [6.07, 6.45) is 1.19. The van der Waals surface area contributed by atoms with Gasteiger partial charge in [-0.2, -0.15) is 0 Å². The van der Waals surface area contributed by atoms with Crippen LogP contribution in [0.4, 0.5) is 0 Å². The molecule has 0 bridgehead atoms. The molecule has 1 aromatic carbocycles. The van der Waals surface area contributed by atoms with Crippen molar-refractivity contribution in [1.82, 2.24) is 4.98 Å². The van der Waals surface area contributed by atoms with Crippen LogP contribution in [0.15, 0.2) is 30.5 Å². The minimum absolute atomic E-state index is 0.0614. The first-order valence-electron chi connectivity index (χ1n) is 6.07. The van der Waals surface area contributed by atoms with Crippen molar-refractivity contribution in [2.24, 2.45) is 0 Å². The molecule has 0 unspecified atom stereocenters. The van der Waals surface area contributed by atoms with E-state index >= 15 is 0 Å². The Morgan fingerprint density at radius 2 is 1.86 bits per heavy atom. The van der Waals surface area contributed by atoms with Crippen molar-refractivity contribution in [1.29, 1.82) is 0 Å². The summed E-state index contributed by atoms with van der Waals surface area (Å²) in [5.41, 5.74) is 1.60. The molecule has 1 aromatic heterocycles. The van der Waals surface area contributed by atoms with Crippen molar-refractivity contribution in [3.63, 3.8) is 0 Å². The minimum Gasteiger partial charge on any atom is -0.480 e. The predicted molar refractivity (Wildman–Crippen MR) is 83.6 cm³/mol. The van der Waals surface area contributed by atoms with Crippen molar-refractivity contribution in [3.8, 4) is 0 Å². The highest BCUT2D eigenvalue weighted by Gasteiger charge is 2.40. The zero-order valence-electron chi connectivity index (χ0n) is 10.8. The molecule has 0 amide bonds. The minimum atomic E-state index is -1.61. The highest BCUT2D eigenvalue weighted by atomic mass is 127. The van der Waals surface area contributed by atoms with Crippen molar-refractivity contribution < 1.29 is 24.6 Å². The molecule has 0 fully saturated rings. The van der Waals surface area contributed by atoms with Crippen molar-refractivity contribution in [2.75, 3.05) is 0 Å². The quantitative estimate of drug-likeness (QED) is 0.390. The van der Waals surface area contributed by atoms with Crippen molar-refractivity contribution in [3.05, 3.63) is 36.0 Å². The van der Waals surface area contributed by atoms with E-state index in [0.29, 0.717) is 0 Å². The number of Topliss-reactive ketones (excluding diaryl/α,β-unsaturated/α-hetero) is 1. The van der Waals surface area contributed by atoms with Gasteiger partial charge in [0.15, 0.2) is 0 Å². The Kier molecular flexibility index (Phi) is 4.31. The number of carboxylic acid groups (broad SMARTS) is 2. The standard InChI is InChI=1S/C14H12INO5/c15-14(13(20)21,6-11(17)12(18)19)5-8-7-16-10-4-2-1-3-9(8)10/h1-4,7,16H,5-6H2,(H,18,19)(H,20,21)/t14-/m0/s1. The number of benzene rings is 1. The zero-order valence-corrected chi connectivity index (χ0v) is 13.0. The number of H-pyrrole nitrogens is 1. The van der Waals surface area contributed by atoms with Crippen LogP contribution in [0.1, 0.15) is 12.0 Å². The van der Waals surface area contributed by atoms with Gasteiger partial charge in [0, 0.05) is 29.9 Å². The van der Waals surface area contributed by atoms with Gasteiger partial charge < -0.3 is 15.2 Å². The van der Waals surface area contributed by atoms with Crippen LogP contribution in [-0.2, 0) is 20.8 Å². The summed E-state index contributed by atoms with van der Waals surface area (Å²) < 4.78 is -1.49. The second-order valence-electron chi connectivity index (χ2n) is 4.71. The molecule has 1 heterocycles. The number of aliphatic carboxylic acids is 2. The third kappa shape index (κ3) is 3.23. The summed E-state index contributed by atoms with van der Waals surface area (Å²) in [6.45, 7) is 0. The number of alkyl halides is 1. The smallest absolute Gasteiger partial charge is 0.372 e. The fourth-order valence-electron chi connectivity index (χ4n) is 2.12. The van der Waals surface area contributed by atoms with E-state index in [1.165, 1.54) is 0 Å². The number of aromatic amines is 1. The molecule has 110 valence electrons. The van der Waals surface area contributed by atoms with E-state index in [9.17, 15) is 19.5 Å². The van der Waals surface area contributed by atoms with Crippen molar-refractivity contribution >= 4 is 51.2 Å². The highest BCUT2D eigenvalue weighted by molar-refractivity contribution is 14.1. The summed E-state index contributed by atoms with van der Waals surface area (Å²) in [5.74, 6) is -3.93. The Hall–Kier alpha value is -1.90. The van der Waals surface area contributed by atoms with E-state index < -0.39 is 27.6 Å². The first-order valence-corrected chi connectivity index (χ1v) is 7.15. The van der Waals surface area contributed by atoms with E-state index in [4.69, 9.17) is 5.11 Å². The van der Waals surface area contributed by atoms with Crippen LogP contribution in [0.25, 0.3) is 10.9 Å². The normalized spacial score (nSPS) is 13.8. The summed E-state index contributed by atoms with van der Waals surface area (Å²) in [5, 5.41) is 18.9. The first-order chi connectivity index (χ1) is 9.83. The van der Waals surface area contributed by atoms with E-state index in [0.717, 1.165) is 16.5 Å². The predicted octanol–water partition coefficient (Wildman–Crippen LogP) is 2.01. The zero-order chi connectivity index (χ0) is 15.6. The number of rotatable bonds is 6. The Bertz CT molecular complexity index is 723. The average Bonchev–Trinajstić information content (AvgIpc) is 2.81. The molecular formula is C14H12INO5.